The van der Waals surface area contributed by atoms with Crippen molar-refractivity contribution >= 4 is 37.8 Å². The molecule has 9 heteroatoms. The van der Waals surface area contributed by atoms with Gasteiger partial charge in [-0.2, -0.15) is 8.78 Å². The SMILES string of the molecule is CC(C)c1cc(CO)cc(-c2ccnc(F)c2)c1Br.COC(=O)c1cc(-c2ccnc(F)c2)c(Br)c(C(C)C)c1. The Morgan fingerprint density at radius 3 is 1.73 bits per heavy atom. The Bertz CT molecular complexity index is 1510. The van der Waals surface area contributed by atoms with Crippen LogP contribution in [0.3, 0.4) is 0 Å². The van der Waals surface area contributed by atoms with Crippen LogP contribution in [0.2, 0.25) is 0 Å². The Balaban J connectivity index is 0.000000222. The quantitative estimate of drug-likeness (QED) is 0.163. The smallest absolute Gasteiger partial charge is 0.337 e. The monoisotopic (exact) mass is 674 g/mol. The molecule has 0 unspecified atom stereocenters. The lowest BCUT2D eigenvalue weighted by molar-refractivity contribution is 0.0600. The van der Waals surface area contributed by atoms with Crippen molar-refractivity contribution in [2.24, 2.45) is 0 Å². The van der Waals surface area contributed by atoms with Crippen LogP contribution in [-0.4, -0.2) is 28.2 Å². The van der Waals surface area contributed by atoms with Crippen LogP contribution < -0.4 is 0 Å². The lowest BCUT2D eigenvalue weighted by Gasteiger charge is -2.15. The third-order valence-corrected chi connectivity index (χ3v) is 7.95. The van der Waals surface area contributed by atoms with Gasteiger partial charge in [-0.25, -0.2) is 14.8 Å². The van der Waals surface area contributed by atoms with Crippen LogP contribution in [0.5, 0.6) is 0 Å². The van der Waals surface area contributed by atoms with Gasteiger partial charge in [-0.05, 0) is 113 Å². The van der Waals surface area contributed by atoms with E-state index < -0.39 is 17.9 Å². The van der Waals surface area contributed by atoms with Gasteiger partial charge in [0.15, 0.2) is 0 Å². The van der Waals surface area contributed by atoms with E-state index in [2.05, 4.69) is 55.7 Å². The predicted octanol–water partition coefficient (Wildman–Crippen LogP) is 8.83. The first-order valence-electron chi connectivity index (χ1n) is 12.6. The molecule has 1 N–H and O–H groups in total. The summed E-state index contributed by atoms with van der Waals surface area (Å²) in [7, 11) is 1.34. The van der Waals surface area contributed by atoms with Gasteiger partial charge in [0.05, 0.1) is 19.3 Å². The number of rotatable bonds is 6. The summed E-state index contributed by atoms with van der Waals surface area (Å²) in [6.45, 7) is 8.18. The van der Waals surface area contributed by atoms with Crippen LogP contribution in [0, 0.1) is 11.9 Å². The molecule has 0 saturated heterocycles. The average molecular weight is 676 g/mol. The third kappa shape index (κ3) is 7.59. The number of esters is 1. The minimum Gasteiger partial charge on any atom is -0.465 e. The molecule has 0 atom stereocenters. The van der Waals surface area contributed by atoms with Gasteiger partial charge in [0.1, 0.15) is 0 Å². The third-order valence-electron chi connectivity index (χ3n) is 6.18. The summed E-state index contributed by atoms with van der Waals surface area (Å²) in [6, 6.07) is 13.5. The Morgan fingerprint density at radius 2 is 1.30 bits per heavy atom. The number of aliphatic hydroxyl groups is 1. The highest BCUT2D eigenvalue weighted by atomic mass is 79.9. The van der Waals surface area contributed by atoms with Crippen LogP contribution in [-0.2, 0) is 11.3 Å². The molecule has 0 aliphatic heterocycles. The molecule has 210 valence electrons. The number of aromatic nitrogens is 2. The molecule has 2 heterocycles. The van der Waals surface area contributed by atoms with Crippen LogP contribution in [0.4, 0.5) is 8.78 Å². The molecule has 0 aliphatic rings. The van der Waals surface area contributed by atoms with E-state index in [4.69, 9.17) is 4.74 Å². The molecule has 0 bridgehead atoms. The molecule has 0 spiro atoms. The van der Waals surface area contributed by atoms with Crippen LogP contribution >= 0.6 is 31.9 Å². The molecule has 5 nitrogen and oxygen atoms in total. The van der Waals surface area contributed by atoms with Gasteiger partial charge in [0.25, 0.3) is 0 Å². The number of ether oxygens (including phenoxy) is 1. The fourth-order valence-corrected chi connectivity index (χ4v) is 5.91. The second-order valence-corrected chi connectivity index (χ2v) is 11.3. The molecule has 0 aliphatic carbocycles. The standard InChI is InChI=1S/C16H15BrFNO2.C15H15BrFNO/c1-9(2)12-6-11(16(20)21-3)7-13(15(12)17)10-4-5-19-14(18)8-10;1-9(2)12-5-10(8-19)6-13(15(12)16)11-3-4-18-14(17)7-11/h4-9H,1-3H3;3-7,9,19H,8H2,1-2H3. The van der Waals surface area contributed by atoms with Gasteiger partial charge in [-0.1, -0.05) is 33.8 Å². The summed E-state index contributed by atoms with van der Waals surface area (Å²) >= 11 is 7.14. The maximum absolute atomic E-state index is 13.4. The fraction of sp³-hybridized carbons (Fsp3) is 0.258. The van der Waals surface area contributed by atoms with E-state index in [0.29, 0.717) is 17.0 Å². The number of carbonyl (C=O) groups is 1. The van der Waals surface area contributed by atoms with Crippen molar-refractivity contribution < 1.29 is 23.4 Å². The highest BCUT2D eigenvalue weighted by Crippen LogP contribution is 2.37. The number of hydrogen-bond donors (Lipinski definition) is 1. The second-order valence-electron chi connectivity index (χ2n) is 9.67. The molecule has 0 saturated carbocycles. The molecule has 40 heavy (non-hydrogen) atoms. The Hall–Kier alpha value is -3.01. The lowest BCUT2D eigenvalue weighted by Crippen LogP contribution is -2.04. The normalized spacial score (nSPS) is 10.9. The van der Waals surface area contributed by atoms with Crippen LogP contribution in [0.1, 0.15) is 66.6 Å². The first kappa shape index (κ1) is 31.5. The van der Waals surface area contributed by atoms with E-state index in [1.165, 1.54) is 31.6 Å². The maximum atomic E-state index is 13.4. The Kier molecular flexibility index (Phi) is 11.1. The first-order chi connectivity index (χ1) is 19.0. The lowest BCUT2D eigenvalue weighted by atomic mass is 9.95. The predicted molar refractivity (Wildman–Crippen MR) is 160 cm³/mol. The number of benzene rings is 2. The number of halogens is 4. The summed E-state index contributed by atoms with van der Waals surface area (Å²) < 4.78 is 33.2. The van der Waals surface area contributed by atoms with E-state index in [9.17, 15) is 18.7 Å². The van der Waals surface area contributed by atoms with E-state index in [1.54, 1.807) is 24.3 Å². The van der Waals surface area contributed by atoms with Crippen molar-refractivity contribution in [3.05, 3.63) is 104 Å². The van der Waals surface area contributed by atoms with E-state index >= 15 is 0 Å². The van der Waals surface area contributed by atoms with Crippen molar-refractivity contribution in [3.8, 4) is 22.3 Å². The van der Waals surface area contributed by atoms with Crippen LogP contribution in [0.25, 0.3) is 22.3 Å². The number of carbonyl (C=O) groups excluding carboxylic acids is 1. The largest absolute Gasteiger partial charge is 0.465 e. The summed E-state index contributed by atoms with van der Waals surface area (Å²) in [5.74, 6) is -0.972. The van der Waals surface area contributed by atoms with Crippen LogP contribution in [0.15, 0.2) is 69.9 Å². The van der Waals surface area contributed by atoms with Gasteiger partial charge < -0.3 is 9.84 Å². The first-order valence-corrected chi connectivity index (χ1v) is 14.1. The van der Waals surface area contributed by atoms with Gasteiger partial charge >= 0.3 is 5.97 Å². The van der Waals surface area contributed by atoms with Gasteiger partial charge in [-0.3, -0.25) is 0 Å². The Labute approximate surface area is 249 Å². The molecular weight excluding hydrogens is 646 g/mol. The van der Waals surface area contributed by atoms with Gasteiger partial charge in [0.2, 0.25) is 11.9 Å². The highest BCUT2D eigenvalue weighted by Gasteiger charge is 2.17. The zero-order valence-electron chi connectivity index (χ0n) is 22.8. The van der Waals surface area contributed by atoms with E-state index in [0.717, 1.165) is 42.3 Å². The zero-order chi connectivity index (χ0) is 29.6. The molecule has 0 fully saturated rings. The molecule has 0 radical (unpaired) electrons. The van der Waals surface area contributed by atoms with Crippen molar-refractivity contribution in [1.82, 2.24) is 9.97 Å². The maximum Gasteiger partial charge on any atom is 0.337 e. The second kappa shape index (κ2) is 14.1. The van der Waals surface area contributed by atoms with Crippen molar-refractivity contribution in [3.63, 3.8) is 0 Å². The zero-order valence-corrected chi connectivity index (χ0v) is 26.0. The number of nitrogens with zero attached hydrogens (tertiary/aromatic N) is 2. The minimum absolute atomic E-state index is 0.0342. The number of aliphatic hydroxyl groups excluding tert-OH is 1. The molecule has 2 aromatic heterocycles. The molecule has 0 amide bonds. The summed E-state index contributed by atoms with van der Waals surface area (Å²) in [6.07, 6.45) is 2.84. The number of hydrogen-bond acceptors (Lipinski definition) is 5. The average Bonchev–Trinajstić information content (AvgIpc) is 2.93. The minimum atomic E-state index is -0.561. The van der Waals surface area contributed by atoms with Crippen molar-refractivity contribution in [2.45, 2.75) is 46.1 Å². The Morgan fingerprint density at radius 1 is 0.825 bits per heavy atom. The van der Waals surface area contributed by atoms with E-state index in [1.807, 2.05) is 26.0 Å². The summed E-state index contributed by atoms with van der Waals surface area (Å²) in [4.78, 5) is 18.9. The topological polar surface area (TPSA) is 72.3 Å². The highest BCUT2D eigenvalue weighted by molar-refractivity contribution is 9.11. The number of methoxy groups -OCH3 is 1. The van der Waals surface area contributed by atoms with Crippen molar-refractivity contribution in [1.29, 1.82) is 0 Å². The van der Waals surface area contributed by atoms with Crippen molar-refractivity contribution in [2.75, 3.05) is 7.11 Å². The summed E-state index contributed by atoms with van der Waals surface area (Å²) in [5.41, 5.74) is 6.33. The molecule has 4 rings (SSSR count). The molecule has 4 aromatic rings. The molecule has 2 aromatic carbocycles. The number of pyridine rings is 2. The molecular formula is C31H30Br2F2N2O3. The fourth-order valence-electron chi connectivity index (χ4n) is 4.08. The van der Waals surface area contributed by atoms with Gasteiger partial charge in [-0.15, -0.1) is 0 Å². The summed E-state index contributed by atoms with van der Waals surface area (Å²) in [5, 5.41) is 9.36. The van der Waals surface area contributed by atoms with Gasteiger partial charge in [0, 0.05) is 33.5 Å². The van der Waals surface area contributed by atoms with E-state index in [-0.39, 0.29) is 12.5 Å².